The Bertz CT molecular complexity index is 1450. The van der Waals surface area contributed by atoms with Crippen LogP contribution in [0.4, 0.5) is 17.5 Å². The Kier molecular flexibility index (Phi) is 6.69. The second-order valence-electron chi connectivity index (χ2n) is 9.66. The first-order chi connectivity index (χ1) is 18.5. The number of anilines is 3. The average molecular weight is 536 g/mol. The molecule has 198 valence electrons. The number of ether oxygens (including phenoxy) is 1. The first kappa shape index (κ1) is 24.7. The average Bonchev–Trinajstić information content (AvgIpc) is 3.59. The molecule has 6 rings (SSSR count). The molecular weight excluding hydrogens is 506 g/mol. The Morgan fingerprint density at radius 1 is 1.03 bits per heavy atom. The van der Waals surface area contributed by atoms with Crippen molar-refractivity contribution in [3.05, 3.63) is 59.5 Å². The van der Waals surface area contributed by atoms with Crippen molar-refractivity contribution in [3.8, 4) is 17.0 Å². The maximum absolute atomic E-state index is 9.90. The molecule has 0 spiro atoms. The smallest absolute Gasteiger partial charge is 0.227 e. The largest absolute Gasteiger partial charge is 0.495 e. The number of fused-ring (bicyclic) bond motifs is 1. The number of benzene rings is 1. The van der Waals surface area contributed by atoms with Crippen molar-refractivity contribution in [1.29, 1.82) is 0 Å². The molecule has 2 aliphatic heterocycles. The summed E-state index contributed by atoms with van der Waals surface area (Å²) >= 11 is 6.37. The van der Waals surface area contributed by atoms with Crippen LogP contribution in [0.1, 0.15) is 12.0 Å². The lowest BCUT2D eigenvalue weighted by Gasteiger charge is -2.36. The number of aliphatic hydroxyl groups is 2. The predicted molar refractivity (Wildman–Crippen MR) is 147 cm³/mol. The summed E-state index contributed by atoms with van der Waals surface area (Å²) in [6.45, 7) is 4.62. The Hall–Kier alpha value is -3.60. The van der Waals surface area contributed by atoms with Gasteiger partial charge in [0, 0.05) is 75.2 Å². The number of β-amino-alcohol motifs (C(OH)–C–C–N with tert-alkyl or cyclic N) is 1. The third-order valence-electron chi connectivity index (χ3n) is 7.31. The van der Waals surface area contributed by atoms with Gasteiger partial charge in [-0.3, -0.25) is 0 Å². The molecule has 0 aliphatic carbocycles. The summed E-state index contributed by atoms with van der Waals surface area (Å²) in [7, 11) is 1.56. The summed E-state index contributed by atoms with van der Waals surface area (Å²) in [6, 6.07) is 9.68. The van der Waals surface area contributed by atoms with E-state index in [2.05, 4.69) is 26.9 Å². The van der Waals surface area contributed by atoms with Crippen LogP contribution in [0.2, 0.25) is 5.02 Å². The fourth-order valence-corrected chi connectivity index (χ4v) is 5.44. The molecule has 2 N–H and O–H groups in total. The molecule has 0 radical (unpaired) electrons. The number of aromatic nitrogens is 4. The molecule has 3 aromatic heterocycles. The molecule has 0 amide bonds. The van der Waals surface area contributed by atoms with Gasteiger partial charge in [0.2, 0.25) is 5.95 Å². The number of methoxy groups -OCH3 is 1. The van der Waals surface area contributed by atoms with Crippen molar-refractivity contribution in [1.82, 2.24) is 19.4 Å². The zero-order valence-electron chi connectivity index (χ0n) is 21.2. The topological polar surface area (TPSA) is 102 Å². The first-order valence-corrected chi connectivity index (χ1v) is 13.1. The van der Waals surface area contributed by atoms with Gasteiger partial charge in [-0.2, -0.15) is 4.98 Å². The molecule has 2 aliphatic rings. The van der Waals surface area contributed by atoms with Gasteiger partial charge in [0.1, 0.15) is 17.2 Å². The highest BCUT2D eigenvalue weighted by Gasteiger charge is 2.24. The minimum Gasteiger partial charge on any atom is -0.495 e. The first-order valence-electron chi connectivity index (χ1n) is 12.7. The fourth-order valence-electron chi connectivity index (χ4n) is 5.20. The van der Waals surface area contributed by atoms with Crippen LogP contribution in [0.15, 0.2) is 48.9 Å². The lowest BCUT2D eigenvalue weighted by Crippen LogP contribution is -2.47. The van der Waals surface area contributed by atoms with Gasteiger partial charge in [0.05, 0.1) is 30.5 Å². The number of piperazine rings is 1. The van der Waals surface area contributed by atoms with Crippen molar-refractivity contribution in [2.75, 3.05) is 61.1 Å². The van der Waals surface area contributed by atoms with Gasteiger partial charge >= 0.3 is 0 Å². The third-order valence-corrected chi connectivity index (χ3v) is 7.61. The maximum atomic E-state index is 9.90. The van der Waals surface area contributed by atoms with Crippen LogP contribution in [0.5, 0.6) is 5.75 Å². The molecule has 38 heavy (non-hydrogen) atoms. The quantitative estimate of drug-likeness (QED) is 0.386. The van der Waals surface area contributed by atoms with Crippen molar-refractivity contribution in [3.63, 3.8) is 0 Å². The Labute approximate surface area is 225 Å². The predicted octanol–water partition coefficient (Wildman–Crippen LogP) is 2.84. The SMILES string of the molecule is COc1cc(CO)c(-c2cn3ccc(N4CCN(c5ccnc(N6CCC(O)C6)n5)CC4)cc3n2)cc1Cl. The van der Waals surface area contributed by atoms with E-state index in [4.69, 9.17) is 26.3 Å². The van der Waals surface area contributed by atoms with Gasteiger partial charge in [-0.05, 0) is 36.2 Å². The van der Waals surface area contributed by atoms with E-state index < -0.39 is 0 Å². The van der Waals surface area contributed by atoms with Crippen LogP contribution in [0.25, 0.3) is 16.9 Å². The van der Waals surface area contributed by atoms with Crippen LogP contribution in [-0.2, 0) is 6.61 Å². The summed E-state index contributed by atoms with van der Waals surface area (Å²) in [5.41, 5.74) is 4.16. The second kappa shape index (κ2) is 10.3. The molecule has 10 nitrogen and oxygen atoms in total. The van der Waals surface area contributed by atoms with E-state index in [1.165, 1.54) is 0 Å². The van der Waals surface area contributed by atoms with E-state index >= 15 is 0 Å². The van der Waals surface area contributed by atoms with E-state index in [0.29, 0.717) is 28.8 Å². The minimum atomic E-state index is -0.306. The van der Waals surface area contributed by atoms with Crippen LogP contribution in [-0.4, -0.2) is 82.0 Å². The molecule has 4 aromatic rings. The Morgan fingerprint density at radius 3 is 2.58 bits per heavy atom. The molecule has 0 bridgehead atoms. The van der Waals surface area contributed by atoms with Crippen molar-refractivity contribution in [2.24, 2.45) is 0 Å². The second-order valence-corrected chi connectivity index (χ2v) is 10.1. The summed E-state index contributed by atoms with van der Waals surface area (Å²) in [4.78, 5) is 20.7. The van der Waals surface area contributed by atoms with E-state index in [1.807, 2.05) is 27.8 Å². The van der Waals surface area contributed by atoms with E-state index in [9.17, 15) is 10.2 Å². The third kappa shape index (κ3) is 4.70. The molecule has 0 saturated carbocycles. The number of hydrogen-bond donors (Lipinski definition) is 2. The van der Waals surface area contributed by atoms with Crippen LogP contribution < -0.4 is 19.4 Å². The number of rotatable bonds is 6. The summed E-state index contributed by atoms with van der Waals surface area (Å²) < 4.78 is 7.27. The zero-order valence-corrected chi connectivity index (χ0v) is 21.9. The monoisotopic (exact) mass is 535 g/mol. The minimum absolute atomic E-state index is 0.139. The maximum Gasteiger partial charge on any atom is 0.227 e. The highest BCUT2D eigenvalue weighted by atomic mass is 35.5. The molecule has 5 heterocycles. The van der Waals surface area contributed by atoms with Gasteiger partial charge in [-0.15, -0.1) is 0 Å². The summed E-state index contributed by atoms with van der Waals surface area (Å²) in [5, 5.41) is 20.2. The molecule has 1 unspecified atom stereocenters. The number of pyridine rings is 1. The van der Waals surface area contributed by atoms with Crippen LogP contribution in [0.3, 0.4) is 0 Å². The molecule has 11 heteroatoms. The highest BCUT2D eigenvalue weighted by molar-refractivity contribution is 6.32. The van der Waals surface area contributed by atoms with Crippen molar-refractivity contribution < 1.29 is 14.9 Å². The van der Waals surface area contributed by atoms with Gasteiger partial charge in [0.25, 0.3) is 0 Å². The van der Waals surface area contributed by atoms with E-state index in [0.717, 1.165) is 67.6 Å². The van der Waals surface area contributed by atoms with Crippen molar-refractivity contribution >= 4 is 34.7 Å². The van der Waals surface area contributed by atoms with Gasteiger partial charge in [0.15, 0.2) is 0 Å². The summed E-state index contributed by atoms with van der Waals surface area (Å²) in [6.07, 6.45) is 6.21. The summed E-state index contributed by atoms with van der Waals surface area (Å²) in [5.74, 6) is 2.13. The molecule has 1 aromatic carbocycles. The number of hydrogen-bond acceptors (Lipinski definition) is 9. The van der Waals surface area contributed by atoms with Crippen LogP contribution >= 0.6 is 11.6 Å². The highest BCUT2D eigenvalue weighted by Crippen LogP contribution is 2.34. The Morgan fingerprint density at radius 2 is 1.84 bits per heavy atom. The fraction of sp³-hybridized carbons (Fsp3) is 0.370. The van der Waals surface area contributed by atoms with Gasteiger partial charge in [-0.1, -0.05) is 11.6 Å². The number of nitrogens with zero attached hydrogens (tertiary/aromatic N) is 7. The molecule has 2 fully saturated rings. The normalized spacial score (nSPS) is 18.0. The number of aliphatic hydroxyl groups excluding tert-OH is 2. The van der Waals surface area contributed by atoms with Gasteiger partial charge in [-0.25, -0.2) is 9.97 Å². The number of imidazole rings is 1. The van der Waals surface area contributed by atoms with E-state index in [-0.39, 0.29) is 12.7 Å². The van der Waals surface area contributed by atoms with Crippen molar-refractivity contribution in [2.45, 2.75) is 19.1 Å². The number of halogens is 1. The van der Waals surface area contributed by atoms with Crippen LogP contribution in [0, 0.1) is 0 Å². The Balaban J connectivity index is 1.17. The standard InChI is InChI=1S/C27H30ClN7O3/c1-38-24-12-18(17-36)21(14-22(24)28)23-16-34-6-3-19(13-26(34)30-23)32-8-10-33(11-9-32)25-2-5-29-27(31-25)35-7-4-20(37)15-35/h2-3,5-6,12-14,16,20,36-37H,4,7-11,15,17H2,1H3. The lowest BCUT2D eigenvalue weighted by molar-refractivity contribution is 0.198. The van der Waals surface area contributed by atoms with E-state index in [1.54, 1.807) is 25.4 Å². The molecule has 2 saturated heterocycles. The molecule has 1 atom stereocenters. The lowest BCUT2D eigenvalue weighted by atomic mass is 10.1. The molecular formula is C27H30ClN7O3. The zero-order chi connectivity index (χ0) is 26.2. The van der Waals surface area contributed by atoms with Gasteiger partial charge < -0.3 is 34.1 Å².